The lowest BCUT2D eigenvalue weighted by atomic mass is 10.1. The molecule has 160 valence electrons. The lowest BCUT2D eigenvalue weighted by Gasteiger charge is -2.32. The first-order valence-electron chi connectivity index (χ1n) is 10.1. The van der Waals surface area contributed by atoms with E-state index in [1.54, 1.807) is 24.3 Å². The van der Waals surface area contributed by atoms with Gasteiger partial charge in [-0.1, -0.05) is 24.6 Å². The summed E-state index contributed by atoms with van der Waals surface area (Å²) in [4.78, 5) is 26.0. The average Bonchev–Trinajstić information content (AvgIpc) is 2.74. The van der Waals surface area contributed by atoms with Gasteiger partial charge >= 0.3 is 0 Å². The van der Waals surface area contributed by atoms with Gasteiger partial charge in [-0.3, -0.25) is 9.59 Å². The highest BCUT2D eigenvalue weighted by molar-refractivity contribution is 7.89. The molecule has 1 saturated heterocycles. The molecule has 0 unspecified atom stereocenters. The van der Waals surface area contributed by atoms with Gasteiger partial charge in [0.1, 0.15) is 0 Å². The summed E-state index contributed by atoms with van der Waals surface area (Å²) in [5, 5.41) is 0. The van der Waals surface area contributed by atoms with E-state index in [1.807, 2.05) is 13.0 Å². The molecule has 1 atom stereocenters. The predicted molar refractivity (Wildman–Crippen MR) is 116 cm³/mol. The van der Waals surface area contributed by atoms with Gasteiger partial charge < -0.3 is 10.6 Å². The van der Waals surface area contributed by atoms with Crippen LogP contribution in [0.15, 0.2) is 59.5 Å². The molecule has 0 radical (unpaired) electrons. The monoisotopic (exact) mass is 429 g/mol. The molecule has 8 heteroatoms. The van der Waals surface area contributed by atoms with Crippen LogP contribution in [0.25, 0.3) is 0 Å². The van der Waals surface area contributed by atoms with Crippen LogP contribution in [0.4, 0.5) is 5.69 Å². The lowest BCUT2D eigenvalue weighted by Crippen LogP contribution is -2.41. The van der Waals surface area contributed by atoms with Gasteiger partial charge in [0.25, 0.3) is 5.91 Å². The summed E-state index contributed by atoms with van der Waals surface area (Å²) < 4.78 is 27.5. The van der Waals surface area contributed by atoms with Crippen molar-refractivity contribution in [1.29, 1.82) is 0 Å². The molecule has 7 nitrogen and oxygen atoms in total. The van der Waals surface area contributed by atoms with Crippen molar-refractivity contribution in [2.24, 2.45) is 5.73 Å². The summed E-state index contributed by atoms with van der Waals surface area (Å²) in [5.41, 5.74) is 6.24. The molecular weight excluding hydrogens is 402 g/mol. The summed E-state index contributed by atoms with van der Waals surface area (Å²) >= 11 is 0. The Bertz CT molecular complexity index is 991. The van der Waals surface area contributed by atoms with Crippen LogP contribution in [0.3, 0.4) is 0 Å². The van der Waals surface area contributed by atoms with Crippen LogP contribution in [0, 0.1) is 0 Å². The number of hydrogen-bond donors (Lipinski definition) is 1. The number of nitrogens with two attached hydrogens (primary N) is 1. The number of para-hydroxylation sites is 1. The zero-order chi connectivity index (χ0) is 21.7. The Labute approximate surface area is 177 Å². The maximum absolute atomic E-state index is 13.1. The fourth-order valence-electron chi connectivity index (χ4n) is 3.67. The van der Waals surface area contributed by atoms with Gasteiger partial charge in [0.15, 0.2) is 0 Å². The first kappa shape index (κ1) is 22.0. The van der Waals surface area contributed by atoms with Crippen molar-refractivity contribution in [2.45, 2.75) is 43.5 Å². The number of nitrogens with zero attached hydrogens (tertiary/aromatic N) is 2. The van der Waals surface area contributed by atoms with E-state index in [-0.39, 0.29) is 29.8 Å². The maximum atomic E-state index is 13.1. The molecule has 0 spiro atoms. The molecule has 2 aromatic carbocycles. The van der Waals surface area contributed by atoms with Gasteiger partial charge in [0.2, 0.25) is 15.9 Å². The van der Waals surface area contributed by atoms with Crippen LogP contribution < -0.4 is 10.6 Å². The zero-order valence-corrected chi connectivity index (χ0v) is 17.8. The van der Waals surface area contributed by atoms with E-state index in [0.29, 0.717) is 17.8 Å². The van der Waals surface area contributed by atoms with E-state index in [2.05, 4.69) is 0 Å². The molecule has 0 aliphatic carbocycles. The van der Waals surface area contributed by atoms with Crippen LogP contribution in [0.1, 0.15) is 43.0 Å². The normalized spacial score (nSPS) is 17.4. The van der Waals surface area contributed by atoms with Gasteiger partial charge in [0, 0.05) is 36.8 Å². The third-order valence-corrected chi connectivity index (χ3v) is 7.37. The van der Waals surface area contributed by atoms with Crippen molar-refractivity contribution < 1.29 is 18.0 Å². The Hall–Kier alpha value is -2.71. The number of rotatable bonds is 7. The number of carbonyl (C=O) groups excluding carboxylic acids is 2. The summed E-state index contributed by atoms with van der Waals surface area (Å²) in [6, 6.07) is 14.9. The standard InChI is InChI=1S/C22H27N3O4S/c1-17-7-5-6-15-25(17)30(28,29)20-12-10-18(11-13-20)22(27)24(16-14-21(23)26)19-8-3-2-4-9-19/h2-4,8-13,17H,5-7,14-16H2,1H3,(H2,23,26)/t17-/m0/s1. The minimum Gasteiger partial charge on any atom is -0.370 e. The van der Waals surface area contributed by atoms with E-state index < -0.39 is 15.9 Å². The average molecular weight is 430 g/mol. The molecule has 0 aromatic heterocycles. The highest BCUT2D eigenvalue weighted by Crippen LogP contribution is 2.26. The fraction of sp³-hybridized carbons (Fsp3) is 0.364. The molecule has 0 saturated carbocycles. The second-order valence-electron chi connectivity index (χ2n) is 7.49. The van der Waals surface area contributed by atoms with Crippen LogP contribution in [0.5, 0.6) is 0 Å². The van der Waals surface area contributed by atoms with E-state index >= 15 is 0 Å². The number of sulfonamides is 1. The van der Waals surface area contributed by atoms with Gasteiger partial charge in [-0.05, 0) is 56.2 Å². The maximum Gasteiger partial charge on any atom is 0.258 e. The number of anilines is 1. The quantitative estimate of drug-likeness (QED) is 0.731. The zero-order valence-electron chi connectivity index (χ0n) is 17.0. The largest absolute Gasteiger partial charge is 0.370 e. The van der Waals surface area contributed by atoms with E-state index in [0.717, 1.165) is 19.3 Å². The SMILES string of the molecule is C[C@H]1CCCCN1S(=O)(=O)c1ccc(C(=O)N(CCC(N)=O)c2ccccc2)cc1. The number of benzene rings is 2. The van der Waals surface area contributed by atoms with Gasteiger partial charge in [-0.2, -0.15) is 4.31 Å². The molecule has 2 amide bonds. The van der Waals surface area contributed by atoms with E-state index in [9.17, 15) is 18.0 Å². The molecule has 3 rings (SSSR count). The van der Waals surface area contributed by atoms with Crippen LogP contribution in [-0.2, 0) is 14.8 Å². The van der Waals surface area contributed by atoms with Crippen molar-refractivity contribution in [3.05, 3.63) is 60.2 Å². The van der Waals surface area contributed by atoms with Crippen molar-refractivity contribution in [1.82, 2.24) is 4.31 Å². The second kappa shape index (κ2) is 9.40. The predicted octanol–water partition coefficient (Wildman–Crippen LogP) is 2.77. The van der Waals surface area contributed by atoms with Crippen molar-refractivity contribution in [3.63, 3.8) is 0 Å². The van der Waals surface area contributed by atoms with E-state index in [1.165, 1.54) is 33.5 Å². The summed E-state index contributed by atoms with van der Waals surface area (Å²) in [7, 11) is -3.60. The van der Waals surface area contributed by atoms with Crippen molar-refractivity contribution in [3.8, 4) is 0 Å². The molecular formula is C22H27N3O4S. The molecule has 1 aliphatic heterocycles. The first-order valence-corrected chi connectivity index (χ1v) is 11.5. The minimum absolute atomic E-state index is 0.0277. The summed E-state index contributed by atoms with van der Waals surface area (Å²) in [6.07, 6.45) is 2.76. The topological polar surface area (TPSA) is 101 Å². The van der Waals surface area contributed by atoms with Crippen LogP contribution in [0.2, 0.25) is 0 Å². The van der Waals surface area contributed by atoms with Crippen LogP contribution >= 0.6 is 0 Å². The molecule has 1 fully saturated rings. The minimum atomic E-state index is -3.60. The Morgan fingerprint density at radius 2 is 1.73 bits per heavy atom. The van der Waals surface area contributed by atoms with Crippen molar-refractivity contribution in [2.75, 3.05) is 18.0 Å². The molecule has 1 aliphatic rings. The van der Waals surface area contributed by atoms with Gasteiger partial charge in [0.05, 0.1) is 4.90 Å². The fourth-order valence-corrected chi connectivity index (χ4v) is 5.37. The van der Waals surface area contributed by atoms with E-state index in [4.69, 9.17) is 5.73 Å². The third kappa shape index (κ3) is 4.88. The van der Waals surface area contributed by atoms with Gasteiger partial charge in [-0.25, -0.2) is 8.42 Å². The Morgan fingerprint density at radius 3 is 2.33 bits per heavy atom. The summed E-state index contributed by atoms with van der Waals surface area (Å²) in [5.74, 6) is -0.821. The Morgan fingerprint density at radius 1 is 1.07 bits per heavy atom. The number of primary amides is 1. The molecule has 1 heterocycles. The van der Waals surface area contributed by atoms with Gasteiger partial charge in [-0.15, -0.1) is 0 Å². The second-order valence-corrected chi connectivity index (χ2v) is 9.38. The molecule has 0 bridgehead atoms. The number of piperidine rings is 1. The molecule has 2 N–H and O–H groups in total. The number of carbonyl (C=O) groups is 2. The summed E-state index contributed by atoms with van der Waals surface area (Å²) in [6.45, 7) is 2.58. The molecule has 30 heavy (non-hydrogen) atoms. The lowest BCUT2D eigenvalue weighted by molar-refractivity contribution is -0.117. The molecule has 2 aromatic rings. The third-order valence-electron chi connectivity index (χ3n) is 5.34. The highest BCUT2D eigenvalue weighted by Gasteiger charge is 2.31. The number of amides is 2. The van der Waals surface area contributed by atoms with Crippen molar-refractivity contribution >= 4 is 27.5 Å². The van der Waals surface area contributed by atoms with Crippen LogP contribution in [-0.4, -0.2) is 43.7 Å². The Kier molecular flexibility index (Phi) is 6.89. The smallest absolute Gasteiger partial charge is 0.258 e. The first-order chi connectivity index (χ1) is 14.3. The highest BCUT2D eigenvalue weighted by atomic mass is 32.2. The Balaban J connectivity index is 1.84. The number of hydrogen-bond acceptors (Lipinski definition) is 4.